The van der Waals surface area contributed by atoms with Crippen molar-refractivity contribution in [2.45, 2.75) is 70.9 Å². The van der Waals surface area contributed by atoms with Crippen molar-refractivity contribution in [2.24, 2.45) is 0 Å². The van der Waals surface area contributed by atoms with Gasteiger partial charge in [0.25, 0.3) is 5.91 Å². The zero-order chi connectivity index (χ0) is 40.8. The summed E-state index contributed by atoms with van der Waals surface area (Å²) in [6, 6.07) is 18.5. The highest BCUT2D eigenvalue weighted by atomic mass is 16.6. The van der Waals surface area contributed by atoms with Gasteiger partial charge in [-0.3, -0.25) is 9.59 Å². The van der Waals surface area contributed by atoms with Gasteiger partial charge in [0.2, 0.25) is 5.91 Å². The number of fused-ring (bicyclic) bond motifs is 1. The molecule has 3 fully saturated rings. The second kappa shape index (κ2) is 18.2. The van der Waals surface area contributed by atoms with Gasteiger partial charge in [-0.05, 0) is 98.5 Å². The van der Waals surface area contributed by atoms with E-state index >= 15 is 0 Å². The van der Waals surface area contributed by atoms with Crippen molar-refractivity contribution in [1.29, 1.82) is 0 Å². The fourth-order valence-corrected chi connectivity index (χ4v) is 8.48. The summed E-state index contributed by atoms with van der Waals surface area (Å²) in [4.78, 5) is 74.9. The lowest BCUT2D eigenvalue weighted by molar-refractivity contribution is -0.141. The SMILES string of the molecule is Cc1cc(C[C@@H](OC(=O)N2CCC(N3CCc4ccccc4NC3=O)CC2)C(=O)N2CCN(c3ccc(C(=O)OCCN4CCCCC4=O)cc3)CC2)cc(C)c1O. The summed E-state index contributed by atoms with van der Waals surface area (Å²) in [7, 11) is 0. The average molecular weight is 795 g/mol. The number of anilines is 2. The fraction of sp³-hybridized carbons (Fsp3) is 0.477. The minimum Gasteiger partial charge on any atom is -0.507 e. The quantitative estimate of drug-likeness (QED) is 0.266. The molecular formula is C44H54N6O8. The number of aromatic hydroxyl groups is 1. The predicted octanol–water partition coefficient (Wildman–Crippen LogP) is 5.13. The Labute approximate surface area is 339 Å². The van der Waals surface area contributed by atoms with E-state index in [9.17, 15) is 29.1 Å². The minimum absolute atomic E-state index is 0.0255. The molecule has 1 atom stereocenters. The number of carbonyl (C=O) groups is 5. The molecule has 0 saturated carbocycles. The predicted molar refractivity (Wildman–Crippen MR) is 218 cm³/mol. The van der Waals surface area contributed by atoms with Crippen molar-refractivity contribution >= 4 is 41.3 Å². The standard InChI is InChI=1S/C44H54N6O8/c1-30-27-32(28-31(2)40(30)52)29-38(58-44(56)49-18-15-36(16-19-49)50-20-14-33-7-3-4-8-37(33)45-43(50)55)41(53)48-23-21-46(22-24-48)35-12-10-34(11-13-35)42(54)57-26-25-47-17-6-5-9-39(47)51/h3-4,7-8,10-13,27-28,36,38,52H,5-6,9,14-26,29H2,1-2H3,(H,45,55)/t38-/m1/s1. The van der Waals surface area contributed by atoms with E-state index in [-0.39, 0.29) is 42.7 Å². The zero-order valence-corrected chi connectivity index (χ0v) is 33.5. The Balaban J connectivity index is 0.937. The van der Waals surface area contributed by atoms with Crippen molar-refractivity contribution in [1.82, 2.24) is 19.6 Å². The van der Waals surface area contributed by atoms with Crippen LogP contribution < -0.4 is 10.2 Å². The van der Waals surface area contributed by atoms with Gasteiger partial charge in [0, 0.05) is 82.6 Å². The first-order chi connectivity index (χ1) is 28.0. The van der Waals surface area contributed by atoms with E-state index in [0.717, 1.165) is 41.8 Å². The number of esters is 1. The van der Waals surface area contributed by atoms with Crippen molar-refractivity contribution in [3.63, 3.8) is 0 Å². The molecule has 0 aliphatic carbocycles. The van der Waals surface area contributed by atoms with Crippen LogP contribution in [0.15, 0.2) is 60.7 Å². The number of amides is 5. The molecule has 0 radical (unpaired) electrons. The van der Waals surface area contributed by atoms with Crippen LogP contribution in [0.5, 0.6) is 5.75 Å². The molecule has 0 unspecified atom stereocenters. The first kappa shape index (κ1) is 40.4. The van der Waals surface area contributed by atoms with Crippen LogP contribution in [-0.2, 0) is 31.9 Å². The maximum Gasteiger partial charge on any atom is 0.410 e. The number of urea groups is 1. The normalized spacial score (nSPS) is 18.3. The van der Waals surface area contributed by atoms with Crippen LogP contribution in [0.3, 0.4) is 0 Å². The van der Waals surface area contributed by atoms with E-state index < -0.39 is 18.2 Å². The molecular weight excluding hydrogens is 741 g/mol. The van der Waals surface area contributed by atoms with Crippen molar-refractivity contribution in [3.05, 3.63) is 88.5 Å². The summed E-state index contributed by atoms with van der Waals surface area (Å²) in [6.45, 7) is 8.14. The second-order valence-electron chi connectivity index (χ2n) is 15.7. The summed E-state index contributed by atoms with van der Waals surface area (Å²) in [5.74, 6) is -0.421. The molecule has 3 aromatic rings. The fourth-order valence-electron chi connectivity index (χ4n) is 8.48. The molecule has 0 aromatic heterocycles. The van der Waals surface area contributed by atoms with Gasteiger partial charge < -0.3 is 44.4 Å². The number of hydrogen-bond donors (Lipinski definition) is 2. The molecule has 14 nitrogen and oxygen atoms in total. The number of para-hydroxylation sites is 1. The lowest BCUT2D eigenvalue weighted by atomic mass is 10.0. The van der Waals surface area contributed by atoms with Gasteiger partial charge in [0.05, 0.1) is 12.1 Å². The number of aryl methyl sites for hydroxylation is 2. The largest absolute Gasteiger partial charge is 0.507 e. The van der Waals surface area contributed by atoms with Gasteiger partial charge in [-0.1, -0.05) is 30.3 Å². The van der Waals surface area contributed by atoms with Crippen LogP contribution in [0.25, 0.3) is 0 Å². The van der Waals surface area contributed by atoms with Crippen molar-refractivity contribution < 1.29 is 38.6 Å². The summed E-state index contributed by atoms with van der Waals surface area (Å²) in [6.07, 6.45) is 2.88. The van der Waals surface area contributed by atoms with Gasteiger partial charge in [0.1, 0.15) is 12.4 Å². The minimum atomic E-state index is -1.08. The average Bonchev–Trinajstić information content (AvgIpc) is 3.41. The van der Waals surface area contributed by atoms with Crippen molar-refractivity contribution in [3.8, 4) is 5.75 Å². The molecule has 3 saturated heterocycles. The Kier molecular flexibility index (Phi) is 12.7. The van der Waals surface area contributed by atoms with Crippen molar-refractivity contribution in [2.75, 3.05) is 75.7 Å². The molecule has 4 aliphatic heterocycles. The molecule has 0 spiro atoms. The highest BCUT2D eigenvalue weighted by molar-refractivity contribution is 5.91. The molecule has 2 N–H and O–H groups in total. The number of phenols is 1. The Morgan fingerprint density at radius 3 is 2.24 bits per heavy atom. The van der Waals surface area contributed by atoms with E-state index in [1.807, 2.05) is 53.4 Å². The molecule has 58 heavy (non-hydrogen) atoms. The lowest BCUT2D eigenvalue weighted by Gasteiger charge is -2.39. The molecule has 308 valence electrons. The Morgan fingerprint density at radius 1 is 0.828 bits per heavy atom. The van der Waals surface area contributed by atoms with E-state index in [4.69, 9.17) is 9.47 Å². The molecule has 5 amide bonds. The number of likely N-dealkylation sites (tertiary alicyclic amines) is 2. The number of nitrogens with zero attached hydrogens (tertiary/aromatic N) is 5. The van der Waals surface area contributed by atoms with E-state index in [0.29, 0.717) is 94.9 Å². The number of rotatable bonds is 10. The third kappa shape index (κ3) is 9.49. The van der Waals surface area contributed by atoms with Gasteiger partial charge in [0.15, 0.2) is 6.10 Å². The smallest absolute Gasteiger partial charge is 0.410 e. The first-order valence-electron chi connectivity index (χ1n) is 20.5. The number of phenolic OH excluding ortho intramolecular Hbond substituents is 1. The maximum atomic E-state index is 14.2. The van der Waals surface area contributed by atoms with Gasteiger partial charge in [-0.2, -0.15) is 0 Å². The molecule has 4 heterocycles. The third-order valence-electron chi connectivity index (χ3n) is 11.9. The van der Waals surface area contributed by atoms with Crippen LogP contribution >= 0.6 is 0 Å². The molecule has 14 heteroatoms. The van der Waals surface area contributed by atoms with E-state index in [2.05, 4.69) is 10.2 Å². The third-order valence-corrected chi connectivity index (χ3v) is 11.9. The van der Waals surface area contributed by atoms with Crippen LogP contribution in [-0.4, -0.2) is 132 Å². The molecule has 4 aliphatic rings. The Hall–Kier alpha value is -5.79. The van der Waals surface area contributed by atoms with Crippen LogP contribution in [0.2, 0.25) is 0 Å². The summed E-state index contributed by atoms with van der Waals surface area (Å²) in [5, 5.41) is 13.4. The first-order valence-corrected chi connectivity index (χ1v) is 20.5. The zero-order valence-electron chi connectivity index (χ0n) is 33.5. The number of benzene rings is 3. The van der Waals surface area contributed by atoms with E-state index in [1.54, 1.807) is 40.7 Å². The van der Waals surface area contributed by atoms with Crippen LogP contribution in [0, 0.1) is 13.8 Å². The second-order valence-corrected chi connectivity index (χ2v) is 15.7. The van der Waals surface area contributed by atoms with Gasteiger partial charge >= 0.3 is 18.1 Å². The Bertz CT molecular complexity index is 1970. The summed E-state index contributed by atoms with van der Waals surface area (Å²) in [5.41, 5.74) is 5.40. The number of hydrogen-bond acceptors (Lipinski definition) is 9. The van der Waals surface area contributed by atoms with Crippen LogP contribution in [0.1, 0.15) is 64.7 Å². The summed E-state index contributed by atoms with van der Waals surface area (Å²) < 4.78 is 11.5. The number of ether oxygens (including phenoxy) is 2. The number of nitrogens with one attached hydrogen (secondary N) is 1. The van der Waals surface area contributed by atoms with Crippen LogP contribution in [0.4, 0.5) is 21.0 Å². The Morgan fingerprint density at radius 2 is 1.53 bits per heavy atom. The molecule has 0 bridgehead atoms. The van der Waals surface area contributed by atoms with E-state index in [1.165, 1.54) is 0 Å². The topological polar surface area (TPSA) is 152 Å². The highest BCUT2D eigenvalue weighted by Gasteiger charge is 2.35. The van der Waals surface area contributed by atoms with Gasteiger partial charge in [-0.25, -0.2) is 14.4 Å². The maximum absolute atomic E-state index is 14.2. The monoisotopic (exact) mass is 794 g/mol. The summed E-state index contributed by atoms with van der Waals surface area (Å²) >= 11 is 0. The highest BCUT2D eigenvalue weighted by Crippen LogP contribution is 2.27. The molecule has 7 rings (SSSR count). The number of piperidine rings is 2. The van der Waals surface area contributed by atoms with Gasteiger partial charge in [-0.15, -0.1) is 0 Å². The number of piperazine rings is 1. The lowest BCUT2D eigenvalue weighted by Crippen LogP contribution is -2.54. The molecule has 3 aromatic carbocycles. The number of carbonyl (C=O) groups excluding carboxylic acids is 5.